The molecule has 1 aromatic rings. The van der Waals surface area contributed by atoms with Crippen LogP contribution in [0.3, 0.4) is 0 Å². The van der Waals surface area contributed by atoms with E-state index in [1.165, 1.54) is 9.14 Å². The first-order valence-electron chi connectivity index (χ1n) is 3.22. The predicted molar refractivity (Wildman–Crippen MR) is 54.1 cm³/mol. The first-order chi connectivity index (χ1) is 4.84. The molecule has 0 nitrogen and oxygen atoms in total. The minimum absolute atomic E-state index is 1.30. The summed E-state index contributed by atoms with van der Waals surface area (Å²) in [5.41, 5.74) is 1.30. The van der Waals surface area contributed by atoms with Crippen LogP contribution in [0.15, 0.2) is 36.4 Å². The fourth-order valence-electron chi connectivity index (χ4n) is 0.764. The van der Waals surface area contributed by atoms with E-state index in [0.717, 1.165) is 0 Å². The van der Waals surface area contributed by atoms with Gasteiger partial charge in [0.25, 0.3) is 0 Å². The van der Waals surface area contributed by atoms with E-state index < -0.39 is 0 Å². The van der Waals surface area contributed by atoms with Crippen LogP contribution < -0.4 is 0 Å². The van der Waals surface area contributed by atoms with Crippen molar-refractivity contribution < 1.29 is 0 Å². The van der Waals surface area contributed by atoms with Crippen LogP contribution >= 0.6 is 22.6 Å². The van der Waals surface area contributed by atoms with Crippen molar-refractivity contribution >= 4 is 26.2 Å². The van der Waals surface area contributed by atoms with Crippen molar-refractivity contribution in [2.75, 3.05) is 0 Å². The second kappa shape index (κ2) is 3.76. The molecular formula is C9H9I. The lowest BCUT2D eigenvalue weighted by atomic mass is 10.2. The zero-order valence-corrected chi connectivity index (χ0v) is 8.00. The van der Waals surface area contributed by atoms with Gasteiger partial charge in [-0.1, -0.05) is 36.4 Å². The van der Waals surface area contributed by atoms with Gasteiger partial charge in [-0.25, -0.2) is 0 Å². The third-order valence-corrected chi connectivity index (χ3v) is 2.55. The van der Waals surface area contributed by atoms with Crippen molar-refractivity contribution in [3.8, 4) is 0 Å². The Hall–Kier alpha value is -0.310. The molecule has 0 N–H and O–H groups in total. The Labute approximate surface area is 75.1 Å². The van der Waals surface area contributed by atoms with E-state index in [1.54, 1.807) is 0 Å². The third kappa shape index (κ3) is 1.84. The summed E-state index contributed by atoms with van der Waals surface area (Å²) in [5, 5.41) is 0. The number of benzene rings is 1. The van der Waals surface area contributed by atoms with Crippen LogP contribution in [0.1, 0.15) is 12.5 Å². The Bertz CT molecular complexity index is 224. The molecule has 10 heavy (non-hydrogen) atoms. The minimum Gasteiger partial charge on any atom is -0.0736 e. The van der Waals surface area contributed by atoms with Gasteiger partial charge >= 0.3 is 0 Å². The molecule has 0 unspecified atom stereocenters. The molecule has 0 amide bonds. The Morgan fingerprint density at radius 3 is 2.40 bits per heavy atom. The summed E-state index contributed by atoms with van der Waals surface area (Å²) >= 11 is 2.33. The van der Waals surface area contributed by atoms with Crippen molar-refractivity contribution in [2.45, 2.75) is 6.92 Å². The van der Waals surface area contributed by atoms with Gasteiger partial charge in [-0.2, -0.15) is 0 Å². The van der Waals surface area contributed by atoms with Gasteiger partial charge in [0.1, 0.15) is 0 Å². The molecule has 0 saturated carbocycles. The first-order valence-corrected chi connectivity index (χ1v) is 4.29. The highest BCUT2D eigenvalue weighted by molar-refractivity contribution is 14.1. The van der Waals surface area contributed by atoms with Gasteiger partial charge in [0.15, 0.2) is 0 Å². The molecule has 0 spiro atoms. The highest BCUT2D eigenvalue weighted by Gasteiger charge is 1.90. The Balaban J connectivity index is 2.96. The number of rotatable bonds is 1. The molecule has 1 heteroatoms. The van der Waals surface area contributed by atoms with Crippen molar-refractivity contribution in [3.05, 3.63) is 42.0 Å². The molecule has 52 valence electrons. The van der Waals surface area contributed by atoms with Crippen LogP contribution in [-0.2, 0) is 0 Å². The molecule has 0 bridgehead atoms. The second-order valence-corrected chi connectivity index (χ2v) is 3.16. The first kappa shape index (κ1) is 7.79. The van der Waals surface area contributed by atoms with Crippen LogP contribution in [0, 0.1) is 0 Å². The van der Waals surface area contributed by atoms with E-state index >= 15 is 0 Å². The molecule has 1 rings (SSSR count). The summed E-state index contributed by atoms with van der Waals surface area (Å²) in [6.45, 7) is 2.05. The van der Waals surface area contributed by atoms with Gasteiger partial charge in [0.2, 0.25) is 0 Å². The molecule has 0 fully saturated rings. The molecule has 1 aromatic carbocycles. The Kier molecular flexibility index (Phi) is 2.93. The maximum atomic E-state index is 2.33. The van der Waals surface area contributed by atoms with Gasteiger partial charge in [-0.15, -0.1) is 0 Å². The van der Waals surface area contributed by atoms with E-state index in [-0.39, 0.29) is 0 Å². The lowest BCUT2D eigenvalue weighted by molar-refractivity contribution is 1.64. The maximum absolute atomic E-state index is 2.33. The van der Waals surface area contributed by atoms with Crippen LogP contribution in [0.5, 0.6) is 0 Å². The van der Waals surface area contributed by atoms with E-state index in [9.17, 15) is 0 Å². The normalized spacial score (nSPS) is 11.6. The highest BCUT2D eigenvalue weighted by atomic mass is 127. The number of hydrogen-bond donors (Lipinski definition) is 0. The van der Waals surface area contributed by atoms with E-state index in [2.05, 4.69) is 59.9 Å². The summed E-state index contributed by atoms with van der Waals surface area (Å²) in [6.07, 6.45) is 2.11. The molecule has 0 aliphatic carbocycles. The van der Waals surface area contributed by atoms with E-state index in [4.69, 9.17) is 0 Å². The predicted octanol–water partition coefficient (Wildman–Crippen LogP) is 3.48. The molecule has 0 heterocycles. The van der Waals surface area contributed by atoms with Crippen molar-refractivity contribution in [2.24, 2.45) is 0 Å². The van der Waals surface area contributed by atoms with E-state index in [1.807, 2.05) is 6.07 Å². The monoisotopic (exact) mass is 244 g/mol. The molecule has 0 aliphatic heterocycles. The van der Waals surface area contributed by atoms with Crippen molar-refractivity contribution in [1.82, 2.24) is 0 Å². The fourth-order valence-corrected chi connectivity index (χ4v) is 1.12. The Morgan fingerprint density at radius 1 is 1.30 bits per heavy atom. The summed E-state index contributed by atoms with van der Waals surface area (Å²) in [7, 11) is 0. The molecular weight excluding hydrogens is 235 g/mol. The smallest absolute Gasteiger partial charge is 0.0160 e. The van der Waals surface area contributed by atoms with Crippen LogP contribution in [0.2, 0.25) is 0 Å². The van der Waals surface area contributed by atoms with Gasteiger partial charge < -0.3 is 0 Å². The van der Waals surface area contributed by atoms with Gasteiger partial charge in [0, 0.05) is 3.58 Å². The van der Waals surface area contributed by atoms with Gasteiger partial charge in [-0.3, -0.25) is 0 Å². The molecule has 0 atom stereocenters. The van der Waals surface area contributed by atoms with Crippen LogP contribution in [0.4, 0.5) is 0 Å². The number of halogens is 1. The second-order valence-electron chi connectivity index (χ2n) is 2.00. The van der Waals surface area contributed by atoms with Crippen molar-refractivity contribution in [1.29, 1.82) is 0 Å². The van der Waals surface area contributed by atoms with Crippen LogP contribution in [-0.4, -0.2) is 0 Å². The fraction of sp³-hybridized carbons (Fsp3) is 0.111. The lowest BCUT2D eigenvalue weighted by Gasteiger charge is -1.95. The summed E-state index contributed by atoms with van der Waals surface area (Å²) in [4.78, 5) is 0. The average molecular weight is 244 g/mol. The van der Waals surface area contributed by atoms with Gasteiger partial charge in [0.05, 0.1) is 0 Å². The summed E-state index contributed by atoms with van der Waals surface area (Å²) in [6, 6.07) is 10.4. The third-order valence-electron chi connectivity index (χ3n) is 1.30. The SMILES string of the molecule is C/C=C(/I)c1ccccc1. The zero-order valence-electron chi connectivity index (χ0n) is 5.84. The molecule has 0 saturated heterocycles. The van der Waals surface area contributed by atoms with Gasteiger partial charge in [-0.05, 0) is 35.1 Å². The molecule has 0 aromatic heterocycles. The lowest BCUT2D eigenvalue weighted by Crippen LogP contribution is -1.71. The molecule has 0 aliphatic rings. The van der Waals surface area contributed by atoms with Crippen molar-refractivity contribution in [3.63, 3.8) is 0 Å². The Morgan fingerprint density at radius 2 is 1.90 bits per heavy atom. The standard InChI is InChI=1S/C9H9I/c1-2-9(10)8-6-4-3-5-7-8/h2-7H,1H3/b9-2+. The largest absolute Gasteiger partial charge is 0.0736 e. The average Bonchev–Trinajstić information content (AvgIpc) is 2.05. The van der Waals surface area contributed by atoms with Crippen LogP contribution in [0.25, 0.3) is 3.58 Å². The zero-order chi connectivity index (χ0) is 7.40. The van der Waals surface area contributed by atoms with E-state index in [0.29, 0.717) is 0 Å². The maximum Gasteiger partial charge on any atom is 0.0160 e. The minimum atomic E-state index is 1.30. The summed E-state index contributed by atoms with van der Waals surface area (Å²) in [5.74, 6) is 0. The number of allylic oxidation sites excluding steroid dienone is 1. The highest BCUT2D eigenvalue weighted by Crippen LogP contribution is 2.20. The summed E-state index contributed by atoms with van der Waals surface area (Å²) < 4.78 is 1.30. The molecule has 0 radical (unpaired) electrons. The quantitative estimate of drug-likeness (QED) is 0.663. The number of hydrogen-bond acceptors (Lipinski definition) is 0. The topological polar surface area (TPSA) is 0 Å².